The van der Waals surface area contributed by atoms with E-state index in [2.05, 4.69) is 44.5 Å². The minimum Gasteiger partial charge on any atom is -0.304 e. The summed E-state index contributed by atoms with van der Waals surface area (Å²) in [6, 6.07) is 0.760. The molecule has 2 nitrogen and oxygen atoms in total. The van der Waals surface area contributed by atoms with E-state index in [9.17, 15) is 0 Å². The Morgan fingerprint density at radius 3 is 2.29 bits per heavy atom. The van der Waals surface area contributed by atoms with Gasteiger partial charge in [-0.25, -0.2) is 0 Å². The van der Waals surface area contributed by atoms with E-state index in [4.69, 9.17) is 0 Å². The van der Waals surface area contributed by atoms with Crippen LogP contribution in [0.1, 0.15) is 27.7 Å². The van der Waals surface area contributed by atoms with Gasteiger partial charge in [0.2, 0.25) is 0 Å². The Hall–Kier alpha value is -0.0800. The van der Waals surface area contributed by atoms with Crippen molar-refractivity contribution >= 4 is 0 Å². The van der Waals surface area contributed by atoms with E-state index in [-0.39, 0.29) is 0 Å². The summed E-state index contributed by atoms with van der Waals surface area (Å²) in [7, 11) is 2.24. The van der Waals surface area contributed by atoms with Crippen molar-refractivity contribution in [3.05, 3.63) is 0 Å². The summed E-state index contributed by atoms with van der Waals surface area (Å²) < 4.78 is 0. The first-order chi connectivity index (χ1) is 6.50. The van der Waals surface area contributed by atoms with Gasteiger partial charge >= 0.3 is 0 Å². The maximum Gasteiger partial charge on any atom is 0.0246 e. The Labute approximate surface area is 89.3 Å². The molecule has 0 spiro atoms. The summed E-state index contributed by atoms with van der Waals surface area (Å²) in [5.74, 6) is 1.57. The van der Waals surface area contributed by atoms with Crippen molar-refractivity contribution < 1.29 is 0 Å². The fraction of sp³-hybridized carbons (Fsp3) is 1.00. The molecule has 1 aliphatic heterocycles. The average Bonchev–Trinajstić information content (AvgIpc) is 2.07. The molecule has 0 radical (unpaired) electrons. The first kappa shape index (κ1) is 12.0. The first-order valence-corrected chi connectivity index (χ1v) is 5.93. The zero-order valence-electron chi connectivity index (χ0n) is 10.5. The van der Waals surface area contributed by atoms with Gasteiger partial charge in [-0.05, 0) is 18.9 Å². The van der Waals surface area contributed by atoms with Crippen LogP contribution < -0.4 is 0 Å². The highest BCUT2D eigenvalue weighted by molar-refractivity contribution is 4.83. The highest BCUT2D eigenvalue weighted by Crippen LogP contribution is 2.17. The van der Waals surface area contributed by atoms with Crippen LogP contribution in [0.15, 0.2) is 0 Å². The second-order valence-corrected chi connectivity index (χ2v) is 5.46. The molecule has 1 atom stereocenters. The van der Waals surface area contributed by atoms with Crippen molar-refractivity contribution in [2.24, 2.45) is 11.8 Å². The zero-order chi connectivity index (χ0) is 10.7. The normalized spacial score (nSPS) is 26.4. The molecule has 0 bridgehead atoms. The largest absolute Gasteiger partial charge is 0.304 e. The number of piperazine rings is 1. The van der Waals surface area contributed by atoms with Gasteiger partial charge in [-0.2, -0.15) is 0 Å². The molecular formula is C12H26N2. The Morgan fingerprint density at radius 2 is 1.79 bits per heavy atom. The fourth-order valence-corrected chi connectivity index (χ4v) is 2.32. The van der Waals surface area contributed by atoms with Crippen LogP contribution in [-0.2, 0) is 0 Å². The summed E-state index contributed by atoms with van der Waals surface area (Å²) in [6.45, 7) is 14.3. The van der Waals surface area contributed by atoms with Crippen molar-refractivity contribution in [3.8, 4) is 0 Å². The summed E-state index contributed by atoms with van der Waals surface area (Å²) >= 11 is 0. The van der Waals surface area contributed by atoms with Gasteiger partial charge in [0.25, 0.3) is 0 Å². The summed E-state index contributed by atoms with van der Waals surface area (Å²) in [5.41, 5.74) is 0. The molecule has 1 heterocycles. The van der Waals surface area contributed by atoms with Crippen LogP contribution in [0.5, 0.6) is 0 Å². The van der Waals surface area contributed by atoms with Gasteiger partial charge in [0.05, 0.1) is 0 Å². The van der Waals surface area contributed by atoms with Crippen molar-refractivity contribution in [2.75, 3.05) is 33.2 Å². The lowest BCUT2D eigenvalue weighted by atomic mass is 9.98. The van der Waals surface area contributed by atoms with Crippen LogP contribution in [0, 0.1) is 11.8 Å². The lowest BCUT2D eigenvalue weighted by molar-refractivity contribution is 0.0543. The van der Waals surface area contributed by atoms with Crippen LogP contribution in [-0.4, -0.2) is 49.1 Å². The molecule has 1 unspecified atom stereocenters. The molecule has 0 amide bonds. The molecule has 0 aromatic carbocycles. The second kappa shape index (κ2) is 5.13. The summed E-state index contributed by atoms with van der Waals surface area (Å²) in [5, 5.41) is 0. The highest BCUT2D eigenvalue weighted by Gasteiger charge is 2.27. The van der Waals surface area contributed by atoms with Gasteiger partial charge < -0.3 is 4.90 Å². The number of likely N-dealkylation sites (N-methyl/N-ethyl adjacent to an activating group) is 1. The smallest absolute Gasteiger partial charge is 0.0246 e. The van der Waals surface area contributed by atoms with Crippen LogP contribution in [0.25, 0.3) is 0 Å². The molecular weight excluding hydrogens is 172 g/mol. The van der Waals surface area contributed by atoms with Gasteiger partial charge in [-0.15, -0.1) is 0 Å². The predicted molar refractivity (Wildman–Crippen MR) is 62.5 cm³/mol. The number of nitrogens with zero attached hydrogens (tertiary/aromatic N) is 2. The molecule has 1 rings (SSSR count). The molecule has 0 saturated carbocycles. The number of rotatable bonds is 3. The zero-order valence-corrected chi connectivity index (χ0v) is 10.5. The van der Waals surface area contributed by atoms with E-state index in [0.717, 1.165) is 17.9 Å². The Balaban J connectivity index is 2.53. The molecule has 0 aromatic heterocycles. The highest BCUT2D eigenvalue weighted by atomic mass is 15.3. The van der Waals surface area contributed by atoms with E-state index < -0.39 is 0 Å². The first-order valence-electron chi connectivity index (χ1n) is 5.93. The van der Waals surface area contributed by atoms with E-state index in [1.165, 1.54) is 26.2 Å². The van der Waals surface area contributed by atoms with Gasteiger partial charge in [0, 0.05) is 32.2 Å². The van der Waals surface area contributed by atoms with E-state index in [1.807, 2.05) is 0 Å². The van der Waals surface area contributed by atoms with Crippen molar-refractivity contribution in [2.45, 2.75) is 33.7 Å². The minimum absolute atomic E-state index is 0.760. The molecule has 0 aliphatic carbocycles. The Bertz CT molecular complexity index is 166. The number of hydrogen-bond acceptors (Lipinski definition) is 2. The molecule has 1 fully saturated rings. The van der Waals surface area contributed by atoms with E-state index in [1.54, 1.807) is 0 Å². The lowest BCUT2D eigenvalue weighted by Crippen LogP contribution is -2.54. The van der Waals surface area contributed by atoms with Crippen molar-refractivity contribution in [3.63, 3.8) is 0 Å². The van der Waals surface area contributed by atoms with Crippen molar-refractivity contribution in [1.82, 2.24) is 9.80 Å². The molecule has 1 aliphatic rings. The third-order valence-corrected chi connectivity index (χ3v) is 3.11. The lowest BCUT2D eigenvalue weighted by Gasteiger charge is -2.43. The molecule has 2 heteroatoms. The third kappa shape index (κ3) is 3.25. The van der Waals surface area contributed by atoms with Gasteiger partial charge in [-0.3, -0.25) is 4.90 Å². The van der Waals surface area contributed by atoms with Crippen LogP contribution in [0.3, 0.4) is 0 Å². The molecule has 0 N–H and O–H groups in total. The van der Waals surface area contributed by atoms with Gasteiger partial charge in [0.15, 0.2) is 0 Å². The quantitative estimate of drug-likeness (QED) is 0.683. The summed E-state index contributed by atoms with van der Waals surface area (Å²) in [4.78, 5) is 5.14. The molecule has 0 aromatic rings. The van der Waals surface area contributed by atoms with Crippen LogP contribution >= 0.6 is 0 Å². The van der Waals surface area contributed by atoms with Crippen molar-refractivity contribution in [1.29, 1.82) is 0 Å². The van der Waals surface area contributed by atoms with E-state index >= 15 is 0 Å². The molecule has 84 valence electrons. The average molecular weight is 198 g/mol. The van der Waals surface area contributed by atoms with Gasteiger partial charge in [0.1, 0.15) is 0 Å². The fourth-order valence-electron chi connectivity index (χ4n) is 2.32. The van der Waals surface area contributed by atoms with Crippen LogP contribution in [0.2, 0.25) is 0 Å². The minimum atomic E-state index is 0.760. The Kier molecular flexibility index (Phi) is 4.39. The Morgan fingerprint density at radius 1 is 1.14 bits per heavy atom. The maximum absolute atomic E-state index is 2.68. The molecule has 1 saturated heterocycles. The van der Waals surface area contributed by atoms with Gasteiger partial charge in [-0.1, -0.05) is 27.7 Å². The van der Waals surface area contributed by atoms with E-state index in [0.29, 0.717) is 0 Å². The third-order valence-electron chi connectivity index (χ3n) is 3.11. The monoisotopic (exact) mass is 198 g/mol. The second-order valence-electron chi connectivity index (χ2n) is 5.46. The SMILES string of the molecule is CC(C)CN1CCN(C)CC1C(C)C. The molecule has 14 heavy (non-hydrogen) atoms. The standard InChI is InChI=1S/C12H26N2/c1-10(2)8-14-7-6-13(5)9-12(14)11(3)4/h10-12H,6-9H2,1-5H3. The maximum atomic E-state index is 2.68. The van der Waals surface area contributed by atoms with Crippen LogP contribution in [0.4, 0.5) is 0 Å². The number of hydrogen-bond donors (Lipinski definition) is 0. The predicted octanol–water partition coefficient (Wildman–Crippen LogP) is 1.91. The topological polar surface area (TPSA) is 6.48 Å². The summed E-state index contributed by atoms with van der Waals surface area (Å²) in [6.07, 6.45) is 0.